The first kappa shape index (κ1) is 13.2. The highest BCUT2D eigenvalue weighted by atomic mass is 16.5. The van der Waals surface area contributed by atoms with Crippen molar-refractivity contribution in [2.75, 3.05) is 13.7 Å². The zero-order valence-corrected chi connectivity index (χ0v) is 10.7. The predicted molar refractivity (Wildman–Crippen MR) is 69.7 cm³/mol. The summed E-state index contributed by atoms with van der Waals surface area (Å²) in [4.78, 5) is 0. The van der Waals surface area contributed by atoms with Gasteiger partial charge >= 0.3 is 0 Å². The average molecular weight is 251 g/mol. The molecule has 2 unspecified atom stereocenters. The largest absolute Gasteiger partial charge is 0.504 e. The molecule has 0 heterocycles. The smallest absolute Gasteiger partial charge is 0.160 e. The van der Waals surface area contributed by atoms with Gasteiger partial charge in [-0.05, 0) is 49.4 Å². The van der Waals surface area contributed by atoms with Crippen molar-refractivity contribution in [2.45, 2.75) is 31.9 Å². The Kier molecular flexibility index (Phi) is 4.44. The van der Waals surface area contributed by atoms with Crippen molar-refractivity contribution in [1.82, 2.24) is 5.32 Å². The average Bonchev–Trinajstić information content (AvgIpc) is 2.75. The normalized spacial score (nSPS) is 23.2. The van der Waals surface area contributed by atoms with E-state index < -0.39 is 0 Å². The second kappa shape index (κ2) is 6.07. The molecule has 4 nitrogen and oxygen atoms in total. The van der Waals surface area contributed by atoms with Crippen LogP contribution in [0.2, 0.25) is 0 Å². The molecule has 0 saturated heterocycles. The molecule has 100 valence electrons. The Morgan fingerprint density at radius 3 is 2.83 bits per heavy atom. The summed E-state index contributed by atoms with van der Waals surface area (Å²) >= 11 is 0. The third-order valence-electron chi connectivity index (χ3n) is 3.52. The van der Waals surface area contributed by atoms with E-state index in [9.17, 15) is 10.2 Å². The van der Waals surface area contributed by atoms with Crippen LogP contribution in [0.5, 0.6) is 11.5 Å². The number of nitrogens with one attached hydrogen (secondary N) is 1. The van der Waals surface area contributed by atoms with E-state index >= 15 is 0 Å². The molecule has 1 saturated carbocycles. The third kappa shape index (κ3) is 3.37. The van der Waals surface area contributed by atoms with Crippen LogP contribution >= 0.6 is 0 Å². The van der Waals surface area contributed by atoms with Gasteiger partial charge in [0.15, 0.2) is 11.5 Å². The minimum absolute atomic E-state index is 0.109. The Balaban J connectivity index is 1.78. The van der Waals surface area contributed by atoms with Gasteiger partial charge in [-0.1, -0.05) is 6.07 Å². The lowest BCUT2D eigenvalue weighted by molar-refractivity contribution is 0.177. The van der Waals surface area contributed by atoms with Crippen LogP contribution in [0, 0.1) is 5.92 Å². The number of hydrogen-bond acceptors (Lipinski definition) is 4. The molecule has 0 spiro atoms. The number of aromatic hydroxyl groups is 1. The van der Waals surface area contributed by atoms with Crippen LogP contribution in [0.25, 0.3) is 0 Å². The van der Waals surface area contributed by atoms with Crippen LogP contribution in [-0.2, 0) is 6.54 Å². The number of ether oxygens (including phenoxy) is 1. The summed E-state index contributed by atoms with van der Waals surface area (Å²) in [7, 11) is 1.54. The van der Waals surface area contributed by atoms with E-state index in [4.69, 9.17) is 4.74 Å². The SMILES string of the molecule is COc1ccc(CNCC2CCC(O)C2)cc1O. The standard InChI is InChI=1S/C14H21NO3/c1-18-14-5-3-11(7-13(14)17)9-15-8-10-2-4-12(16)6-10/h3,5,7,10,12,15-17H,2,4,6,8-9H2,1H3. The Morgan fingerprint density at radius 1 is 1.39 bits per heavy atom. The Hall–Kier alpha value is -1.26. The van der Waals surface area contributed by atoms with Gasteiger partial charge in [-0.2, -0.15) is 0 Å². The summed E-state index contributed by atoms with van der Waals surface area (Å²) in [6, 6.07) is 5.43. The Labute approximate surface area is 108 Å². The molecule has 1 aliphatic carbocycles. The van der Waals surface area contributed by atoms with Gasteiger partial charge in [-0.15, -0.1) is 0 Å². The summed E-state index contributed by atoms with van der Waals surface area (Å²) < 4.78 is 5.00. The third-order valence-corrected chi connectivity index (χ3v) is 3.52. The minimum atomic E-state index is -0.109. The van der Waals surface area contributed by atoms with Gasteiger partial charge in [-0.25, -0.2) is 0 Å². The predicted octanol–water partition coefficient (Wildman–Crippen LogP) is 1.65. The van der Waals surface area contributed by atoms with Gasteiger partial charge in [0.2, 0.25) is 0 Å². The number of phenols is 1. The van der Waals surface area contributed by atoms with E-state index in [-0.39, 0.29) is 11.9 Å². The van der Waals surface area contributed by atoms with E-state index in [1.807, 2.05) is 6.07 Å². The van der Waals surface area contributed by atoms with Crippen LogP contribution in [0.1, 0.15) is 24.8 Å². The maximum Gasteiger partial charge on any atom is 0.160 e. The van der Waals surface area contributed by atoms with Crippen LogP contribution in [0.4, 0.5) is 0 Å². The first-order valence-corrected chi connectivity index (χ1v) is 6.43. The highest BCUT2D eigenvalue weighted by molar-refractivity contribution is 5.41. The van der Waals surface area contributed by atoms with E-state index in [2.05, 4.69) is 5.32 Å². The van der Waals surface area contributed by atoms with Crippen LogP contribution in [0.3, 0.4) is 0 Å². The quantitative estimate of drug-likeness (QED) is 0.744. The lowest BCUT2D eigenvalue weighted by Gasteiger charge is -2.11. The molecule has 0 bridgehead atoms. The molecule has 0 radical (unpaired) electrons. The molecule has 1 aliphatic rings. The number of methoxy groups -OCH3 is 1. The van der Waals surface area contributed by atoms with E-state index in [0.29, 0.717) is 11.7 Å². The van der Waals surface area contributed by atoms with Gasteiger partial charge in [0.25, 0.3) is 0 Å². The monoisotopic (exact) mass is 251 g/mol. The van der Waals surface area contributed by atoms with Gasteiger partial charge in [0.1, 0.15) is 0 Å². The molecule has 0 aliphatic heterocycles. The van der Waals surface area contributed by atoms with Crippen molar-refractivity contribution in [3.63, 3.8) is 0 Å². The lowest BCUT2D eigenvalue weighted by Crippen LogP contribution is -2.21. The minimum Gasteiger partial charge on any atom is -0.504 e. The molecular weight excluding hydrogens is 230 g/mol. The molecule has 0 aromatic heterocycles. The van der Waals surface area contributed by atoms with Crippen LogP contribution < -0.4 is 10.1 Å². The molecule has 3 N–H and O–H groups in total. The van der Waals surface area contributed by atoms with Crippen LogP contribution in [-0.4, -0.2) is 30.0 Å². The van der Waals surface area contributed by atoms with E-state index in [0.717, 1.165) is 37.9 Å². The number of hydrogen-bond donors (Lipinski definition) is 3. The number of rotatable bonds is 5. The van der Waals surface area contributed by atoms with Gasteiger partial charge < -0.3 is 20.3 Å². The Bertz CT molecular complexity index is 395. The fourth-order valence-electron chi connectivity index (χ4n) is 2.50. The first-order chi connectivity index (χ1) is 8.69. The number of benzene rings is 1. The summed E-state index contributed by atoms with van der Waals surface area (Å²) in [5.41, 5.74) is 1.03. The van der Waals surface area contributed by atoms with Gasteiger partial charge in [0.05, 0.1) is 13.2 Å². The second-order valence-electron chi connectivity index (χ2n) is 4.97. The number of aliphatic hydroxyl groups is 1. The summed E-state index contributed by atoms with van der Waals surface area (Å²) in [5.74, 6) is 1.25. The van der Waals surface area contributed by atoms with Crippen molar-refractivity contribution in [3.8, 4) is 11.5 Å². The van der Waals surface area contributed by atoms with Crippen molar-refractivity contribution in [2.24, 2.45) is 5.92 Å². The maximum atomic E-state index is 9.65. The second-order valence-corrected chi connectivity index (χ2v) is 4.97. The van der Waals surface area contributed by atoms with Crippen molar-refractivity contribution in [3.05, 3.63) is 23.8 Å². The summed E-state index contributed by atoms with van der Waals surface area (Å²) in [5, 5.41) is 22.5. The highest BCUT2D eigenvalue weighted by Gasteiger charge is 2.21. The zero-order chi connectivity index (χ0) is 13.0. The lowest BCUT2D eigenvalue weighted by atomic mass is 10.1. The van der Waals surface area contributed by atoms with E-state index in [1.54, 1.807) is 19.2 Å². The van der Waals surface area contributed by atoms with Gasteiger partial charge in [0, 0.05) is 6.54 Å². The summed E-state index contributed by atoms with van der Waals surface area (Å²) in [6.45, 7) is 1.65. The highest BCUT2D eigenvalue weighted by Crippen LogP contribution is 2.27. The summed E-state index contributed by atoms with van der Waals surface area (Å²) in [6.07, 6.45) is 2.82. The van der Waals surface area contributed by atoms with E-state index in [1.165, 1.54) is 0 Å². The molecule has 1 aromatic carbocycles. The molecule has 2 atom stereocenters. The number of aliphatic hydroxyl groups excluding tert-OH is 1. The van der Waals surface area contributed by atoms with Crippen molar-refractivity contribution >= 4 is 0 Å². The molecule has 18 heavy (non-hydrogen) atoms. The van der Waals surface area contributed by atoms with Crippen molar-refractivity contribution in [1.29, 1.82) is 0 Å². The molecule has 4 heteroatoms. The number of phenolic OH excluding ortho intramolecular Hbond substituents is 1. The van der Waals surface area contributed by atoms with Crippen molar-refractivity contribution < 1.29 is 14.9 Å². The molecule has 1 fully saturated rings. The Morgan fingerprint density at radius 2 is 2.22 bits per heavy atom. The molecule has 2 rings (SSSR count). The first-order valence-electron chi connectivity index (χ1n) is 6.43. The van der Waals surface area contributed by atoms with Gasteiger partial charge in [-0.3, -0.25) is 0 Å². The molecule has 0 amide bonds. The molecule has 1 aromatic rings. The zero-order valence-electron chi connectivity index (χ0n) is 10.7. The van der Waals surface area contributed by atoms with Crippen LogP contribution in [0.15, 0.2) is 18.2 Å². The topological polar surface area (TPSA) is 61.7 Å². The molecular formula is C14H21NO3. The fourth-order valence-corrected chi connectivity index (χ4v) is 2.50. The fraction of sp³-hybridized carbons (Fsp3) is 0.571. The maximum absolute atomic E-state index is 9.65.